The lowest BCUT2D eigenvalue weighted by molar-refractivity contribution is 1.08. The van der Waals surface area contributed by atoms with Crippen LogP contribution in [0.3, 0.4) is 0 Å². The molecule has 0 radical (unpaired) electrons. The van der Waals surface area contributed by atoms with Crippen molar-refractivity contribution in [2.75, 3.05) is 0 Å². The highest BCUT2D eigenvalue weighted by Gasteiger charge is 2.22. The van der Waals surface area contributed by atoms with Crippen LogP contribution in [0.1, 0.15) is 8.22 Å². The molecule has 0 saturated carbocycles. The van der Waals surface area contributed by atoms with Crippen LogP contribution in [-0.2, 0) is 0 Å². The lowest BCUT2D eigenvalue weighted by Crippen LogP contribution is -2.00. The van der Waals surface area contributed by atoms with Gasteiger partial charge in [-0.3, -0.25) is 0 Å². The summed E-state index contributed by atoms with van der Waals surface area (Å²) < 4.78 is 60.3. The van der Waals surface area contributed by atoms with Crippen molar-refractivity contribution in [1.29, 1.82) is 0 Å². The van der Waals surface area contributed by atoms with Crippen LogP contribution in [0.5, 0.6) is 0 Å². The molecule has 0 fully saturated rings. The van der Waals surface area contributed by atoms with E-state index < -0.39 is 0 Å². The van der Waals surface area contributed by atoms with Crippen LogP contribution in [0.2, 0.25) is 0 Å². The lowest BCUT2D eigenvalue weighted by Gasteiger charge is -2.17. The Morgan fingerprint density at radius 3 is 1.56 bits per heavy atom. The maximum absolute atomic E-state index is 9.31. The first-order valence-corrected chi connectivity index (χ1v) is 22.2. The number of aromatic nitrogens is 4. The summed E-state index contributed by atoms with van der Waals surface area (Å²) in [6.45, 7) is 0. The molecule has 0 bridgehead atoms. The Bertz CT molecular complexity index is 4150. The molecule has 0 saturated heterocycles. The molecule has 0 unspecified atom stereocenters. The minimum atomic E-state index is -0.151. The molecule has 13 aromatic rings. The molecule has 9 aromatic carbocycles. The molecule has 0 N–H and O–H groups in total. The van der Waals surface area contributed by atoms with Gasteiger partial charge >= 0.3 is 0 Å². The van der Waals surface area contributed by atoms with Gasteiger partial charge in [0.25, 0.3) is 0 Å². The molecule has 4 aromatic heterocycles. The quantitative estimate of drug-likeness (QED) is 0.167. The van der Waals surface area contributed by atoms with Crippen molar-refractivity contribution in [2.45, 2.75) is 0 Å². The first-order valence-electron chi connectivity index (χ1n) is 23.6. The Morgan fingerprint density at radius 1 is 0.365 bits per heavy atom. The van der Waals surface area contributed by atoms with Crippen molar-refractivity contribution in [2.24, 2.45) is 0 Å². The van der Waals surface area contributed by atoms with Gasteiger partial charge in [-0.15, -0.1) is 22.7 Å². The second-order valence-corrected chi connectivity index (χ2v) is 17.5. The highest BCUT2D eigenvalue weighted by Crippen LogP contribution is 2.47. The van der Waals surface area contributed by atoms with Gasteiger partial charge in [0, 0.05) is 78.9 Å². The van der Waals surface area contributed by atoms with E-state index in [-0.39, 0.29) is 47.0 Å². The molecule has 0 atom stereocenters. The van der Waals surface area contributed by atoms with Crippen LogP contribution in [0.15, 0.2) is 206 Å². The van der Waals surface area contributed by atoms with Crippen LogP contribution in [-0.4, -0.2) is 19.5 Å². The van der Waals surface area contributed by atoms with Crippen LogP contribution >= 0.6 is 22.7 Å². The number of benzene rings is 9. The number of hydrogen-bond donors (Lipinski definition) is 0. The smallest absolute Gasteiger partial charge is 0.165 e. The third kappa shape index (κ3) is 5.76. The summed E-state index contributed by atoms with van der Waals surface area (Å²) in [5, 5.41) is 4.88. The number of hydrogen-bond acceptors (Lipinski definition) is 5. The lowest BCUT2D eigenvalue weighted by atomic mass is 9.95. The predicted octanol–water partition coefficient (Wildman–Crippen LogP) is 16.0. The molecule has 0 aliphatic carbocycles. The minimum absolute atomic E-state index is 0.00145. The molecule has 4 heterocycles. The van der Waals surface area contributed by atoms with Crippen molar-refractivity contribution in [3.8, 4) is 62.1 Å². The molecule has 0 spiro atoms. The van der Waals surface area contributed by atoms with Gasteiger partial charge in [-0.25, -0.2) is 15.0 Å². The van der Waals surface area contributed by atoms with Gasteiger partial charge in [0.05, 0.1) is 24.9 Å². The van der Waals surface area contributed by atoms with Crippen molar-refractivity contribution < 1.29 is 8.22 Å². The number of para-hydroxylation sites is 2. The molecular formula is C57H34N4S2. The fraction of sp³-hybridized carbons (Fsp3) is 0. The van der Waals surface area contributed by atoms with Gasteiger partial charge in [0.2, 0.25) is 0 Å². The van der Waals surface area contributed by atoms with E-state index in [9.17, 15) is 2.74 Å². The predicted molar refractivity (Wildman–Crippen MR) is 267 cm³/mol. The molecule has 0 amide bonds. The molecule has 0 aliphatic heterocycles. The standard InChI is InChI=1S/C57H34N4S2/c1-3-16-35(17-4-1)55-58-56(36-18-5-2-6-19-36)60-57(59-55)46-28-15-26-44-43-25-13-23-38(52(43)63-54(44)46)37-32-33-50(61-48-29-10-7-20-39(48)40-21-8-11-30-49(40)61)47(34-37)45-27-14-24-42-41-22-9-12-31-51(41)62-53(42)45/h1-34H/i7D,8D,20D,21D,29D,30D. The number of rotatable bonds is 6. The molecule has 6 heteroatoms. The second kappa shape index (κ2) is 14.4. The Morgan fingerprint density at radius 2 is 0.889 bits per heavy atom. The van der Waals surface area contributed by atoms with Crippen molar-refractivity contribution >= 4 is 84.8 Å². The summed E-state index contributed by atoms with van der Waals surface area (Å²) in [7, 11) is 0. The van der Waals surface area contributed by atoms with Gasteiger partial charge < -0.3 is 4.57 Å². The Labute approximate surface area is 379 Å². The number of fused-ring (bicyclic) bond motifs is 9. The molecule has 294 valence electrons. The van der Waals surface area contributed by atoms with Gasteiger partial charge in [-0.2, -0.15) is 0 Å². The molecule has 0 aliphatic rings. The summed E-state index contributed by atoms with van der Waals surface area (Å²) in [5.41, 5.74) is 7.75. The zero-order valence-corrected chi connectivity index (χ0v) is 34.9. The maximum atomic E-state index is 9.31. The monoisotopic (exact) mass is 844 g/mol. The van der Waals surface area contributed by atoms with E-state index in [0.717, 1.165) is 79.3 Å². The summed E-state index contributed by atoms with van der Waals surface area (Å²) in [5.74, 6) is 1.77. The first kappa shape index (κ1) is 30.3. The normalized spacial score (nSPS) is 13.1. The summed E-state index contributed by atoms with van der Waals surface area (Å²) >= 11 is 3.41. The van der Waals surface area contributed by atoms with E-state index in [0.29, 0.717) is 34.2 Å². The highest BCUT2D eigenvalue weighted by atomic mass is 32.1. The zero-order chi connectivity index (χ0) is 46.7. The summed E-state index contributed by atoms with van der Waals surface area (Å²) in [4.78, 5) is 15.2. The number of thiophene rings is 2. The number of nitrogens with zero attached hydrogens (tertiary/aromatic N) is 4. The molecule has 4 nitrogen and oxygen atoms in total. The van der Waals surface area contributed by atoms with Gasteiger partial charge in [0.1, 0.15) is 0 Å². The SMILES string of the molecule is [2H]c1cc([2H])c2c(c1[2H])c1c([2H])c([2H])cc([2H])c1n2-c1ccc(-c2cccc3c2sc2c(-c4nc(-c5ccccc5)nc(-c5ccccc5)n4)cccc23)cc1-c1cccc2c1sc1ccccc12. The fourth-order valence-corrected chi connectivity index (χ4v) is 11.6. The third-order valence-electron chi connectivity index (χ3n) is 11.8. The van der Waals surface area contributed by atoms with E-state index in [1.165, 1.54) is 12.1 Å². The highest BCUT2D eigenvalue weighted by molar-refractivity contribution is 7.27. The van der Waals surface area contributed by atoms with Crippen molar-refractivity contribution in [3.05, 3.63) is 206 Å². The van der Waals surface area contributed by atoms with Gasteiger partial charge in [0.15, 0.2) is 17.5 Å². The molecule has 13 rings (SSSR count). The Balaban J connectivity index is 1.08. The summed E-state index contributed by atoms with van der Waals surface area (Å²) in [6, 6.07) is 55.8. The van der Waals surface area contributed by atoms with E-state index in [1.807, 2.05) is 77.4 Å². The average Bonchev–Trinajstić information content (AvgIpc) is 4.09. The fourth-order valence-electron chi connectivity index (χ4n) is 8.98. The van der Waals surface area contributed by atoms with E-state index in [1.54, 1.807) is 22.7 Å². The minimum Gasteiger partial charge on any atom is -0.309 e. The van der Waals surface area contributed by atoms with Crippen LogP contribution in [0.25, 0.3) is 124 Å². The Hall–Kier alpha value is -7.77. The average molecular weight is 845 g/mol. The second-order valence-electron chi connectivity index (χ2n) is 15.4. The largest absolute Gasteiger partial charge is 0.309 e. The van der Waals surface area contributed by atoms with Crippen molar-refractivity contribution in [1.82, 2.24) is 19.5 Å². The van der Waals surface area contributed by atoms with E-state index in [4.69, 9.17) is 20.4 Å². The maximum Gasteiger partial charge on any atom is 0.165 e. The van der Waals surface area contributed by atoms with Gasteiger partial charge in [-0.05, 0) is 47.5 Å². The third-order valence-corrected chi connectivity index (χ3v) is 14.3. The van der Waals surface area contributed by atoms with Crippen molar-refractivity contribution in [3.63, 3.8) is 0 Å². The van der Waals surface area contributed by atoms with E-state index in [2.05, 4.69) is 84.9 Å². The van der Waals surface area contributed by atoms with Crippen LogP contribution in [0.4, 0.5) is 0 Å². The van der Waals surface area contributed by atoms with Crippen LogP contribution in [0, 0.1) is 0 Å². The Kier molecular flexibility index (Phi) is 6.93. The first-order chi connectivity index (χ1) is 33.7. The topological polar surface area (TPSA) is 43.6 Å². The summed E-state index contributed by atoms with van der Waals surface area (Å²) in [6.07, 6.45) is 0. The molecule has 63 heavy (non-hydrogen) atoms. The van der Waals surface area contributed by atoms with Crippen LogP contribution < -0.4 is 0 Å². The van der Waals surface area contributed by atoms with E-state index >= 15 is 0 Å². The molecular weight excluding hydrogens is 805 g/mol. The van der Waals surface area contributed by atoms with Gasteiger partial charge in [-0.1, -0.05) is 170 Å². The zero-order valence-electron chi connectivity index (χ0n) is 39.3.